The molecule has 0 aliphatic rings. The van der Waals surface area contributed by atoms with Crippen molar-refractivity contribution in [2.24, 2.45) is 0 Å². The largest absolute Gasteiger partial charge is 0.761 e. The zero-order chi connectivity index (χ0) is 8.73. The lowest BCUT2D eigenvalue weighted by atomic mass is 10.4. The van der Waals surface area contributed by atoms with Crippen LogP contribution in [0.3, 0.4) is 0 Å². The van der Waals surface area contributed by atoms with Crippen LogP contribution < -0.4 is 0 Å². The van der Waals surface area contributed by atoms with Crippen LogP contribution in [-0.2, 0) is 9.26 Å². The van der Waals surface area contributed by atoms with Gasteiger partial charge in [-0.25, -0.2) is 4.79 Å². The molecule has 58 valence electrons. The summed E-state index contributed by atoms with van der Waals surface area (Å²) >= 11 is 0. The molecule has 10 heavy (non-hydrogen) atoms. The van der Waals surface area contributed by atoms with Gasteiger partial charge in [0.1, 0.15) is 0 Å². The van der Waals surface area contributed by atoms with E-state index in [1.165, 1.54) is 6.92 Å². The molecule has 3 N–H and O–H groups in total. The van der Waals surface area contributed by atoms with Gasteiger partial charge in [-0.05, 0) is 6.92 Å². The van der Waals surface area contributed by atoms with Crippen molar-refractivity contribution >= 4 is 15.1 Å². The Bertz CT molecular complexity index is 136. The molecule has 0 aromatic rings. The fourth-order valence-electron chi connectivity index (χ4n) is 0. The highest BCUT2D eigenvalue weighted by Gasteiger charge is 1.90. The lowest BCUT2D eigenvalue weighted by Gasteiger charge is -1.79. The number of hydrogen-bond acceptors (Lipinski definition) is 2. The number of aliphatic carboxylic acids is 1. The number of carboxylic acids is 1. The SMILES string of the molecule is C=C(C)C(=O)O.O=[Si](O)O. The molecule has 0 aromatic heterocycles. The summed E-state index contributed by atoms with van der Waals surface area (Å²) in [7, 11) is -3.13. The van der Waals surface area contributed by atoms with Gasteiger partial charge in [0.2, 0.25) is 0 Å². The molecule has 0 unspecified atom stereocenters. The predicted octanol–water partition coefficient (Wildman–Crippen LogP) is -0.967. The van der Waals surface area contributed by atoms with Crippen LogP contribution in [0.4, 0.5) is 0 Å². The first-order valence-electron chi connectivity index (χ1n) is 2.18. The van der Waals surface area contributed by atoms with E-state index in [9.17, 15) is 4.79 Å². The molecule has 0 heterocycles. The van der Waals surface area contributed by atoms with Gasteiger partial charge in [0.25, 0.3) is 0 Å². The van der Waals surface area contributed by atoms with Crippen LogP contribution in [0.1, 0.15) is 6.92 Å². The molecule has 0 amide bonds. The smallest absolute Gasteiger partial charge is 0.511 e. The van der Waals surface area contributed by atoms with E-state index in [0.717, 1.165) is 0 Å². The summed E-state index contributed by atoms with van der Waals surface area (Å²) in [4.78, 5) is 23.9. The highest BCUT2D eigenvalue weighted by atomic mass is 28.3. The minimum absolute atomic E-state index is 0.176. The van der Waals surface area contributed by atoms with Crippen LogP contribution in [0.25, 0.3) is 0 Å². The second-order valence-corrected chi connectivity index (χ2v) is 1.93. The maximum Gasteiger partial charge on any atom is 0.761 e. The van der Waals surface area contributed by atoms with Gasteiger partial charge in [-0.1, -0.05) is 6.58 Å². The molecule has 0 atom stereocenters. The molecule has 0 radical (unpaired) electrons. The van der Waals surface area contributed by atoms with E-state index in [-0.39, 0.29) is 5.57 Å². The van der Waals surface area contributed by atoms with Crippen molar-refractivity contribution in [1.29, 1.82) is 0 Å². The Labute approximate surface area is 59.1 Å². The van der Waals surface area contributed by atoms with Crippen LogP contribution >= 0.6 is 0 Å². The van der Waals surface area contributed by atoms with Gasteiger partial charge in [0.15, 0.2) is 0 Å². The van der Waals surface area contributed by atoms with E-state index in [1.54, 1.807) is 0 Å². The maximum atomic E-state index is 9.60. The molecule has 0 aliphatic heterocycles. The summed E-state index contributed by atoms with van der Waals surface area (Å²) in [5.41, 5.74) is 0.176. The van der Waals surface area contributed by atoms with Gasteiger partial charge < -0.3 is 14.7 Å². The average molecular weight is 164 g/mol. The Balaban J connectivity index is 0. The first-order valence-corrected chi connectivity index (χ1v) is 3.49. The molecule has 6 heteroatoms. The molecule has 0 rings (SSSR count). The summed E-state index contributed by atoms with van der Waals surface area (Å²) in [6, 6.07) is 0. The van der Waals surface area contributed by atoms with Crippen LogP contribution in [0.2, 0.25) is 0 Å². The first kappa shape index (κ1) is 11.6. The fourth-order valence-corrected chi connectivity index (χ4v) is 0. The molecule has 0 saturated heterocycles. The van der Waals surface area contributed by atoms with Crippen molar-refractivity contribution in [3.63, 3.8) is 0 Å². The minimum Gasteiger partial charge on any atom is -0.511 e. The van der Waals surface area contributed by atoms with Gasteiger partial charge >= 0.3 is 15.1 Å². The minimum atomic E-state index is -3.13. The van der Waals surface area contributed by atoms with Gasteiger partial charge in [0.05, 0.1) is 0 Å². The van der Waals surface area contributed by atoms with E-state index in [2.05, 4.69) is 6.58 Å². The second kappa shape index (κ2) is 5.95. The highest BCUT2D eigenvalue weighted by Crippen LogP contribution is 1.81. The van der Waals surface area contributed by atoms with Crippen molar-refractivity contribution < 1.29 is 24.0 Å². The monoisotopic (exact) mass is 164 g/mol. The highest BCUT2D eigenvalue weighted by molar-refractivity contribution is 6.22. The predicted molar refractivity (Wildman–Crippen MR) is 33.3 cm³/mol. The fraction of sp³-hybridized carbons (Fsp3) is 0.250. The topological polar surface area (TPSA) is 94.8 Å². The van der Waals surface area contributed by atoms with Gasteiger partial charge in [-0.3, -0.25) is 4.46 Å². The third-order valence-electron chi connectivity index (χ3n) is 0.365. The number of carbonyl (C=O) groups is 1. The van der Waals surface area contributed by atoms with E-state index in [4.69, 9.17) is 19.2 Å². The summed E-state index contributed by atoms with van der Waals surface area (Å²) in [5.74, 6) is -0.935. The Hall–Kier alpha value is -1.17. The molecule has 0 aliphatic carbocycles. The quantitative estimate of drug-likeness (QED) is 0.342. The van der Waals surface area contributed by atoms with Crippen molar-refractivity contribution in [2.75, 3.05) is 0 Å². The van der Waals surface area contributed by atoms with Crippen LogP contribution in [0.15, 0.2) is 12.2 Å². The second-order valence-electron chi connectivity index (χ2n) is 1.37. The Kier molecular flexibility index (Phi) is 6.91. The summed E-state index contributed by atoms with van der Waals surface area (Å²) in [6.07, 6.45) is 0. The molecule has 0 saturated carbocycles. The van der Waals surface area contributed by atoms with Crippen molar-refractivity contribution in [2.45, 2.75) is 6.92 Å². The lowest BCUT2D eigenvalue weighted by molar-refractivity contribution is -0.132. The normalized spacial score (nSPS) is 6.90. The lowest BCUT2D eigenvalue weighted by Crippen LogP contribution is -1.92. The van der Waals surface area contributed by atoms with Gasteiger partial charge in [-0.15, -0.1) is 0 Å². The van der Waals surface area contributed by atoms with Crippen molar-refractivity contribution in [3.8, 4) is 0 Å². The zero-order valence-electron chi connectivity index (χ0n) is 5.37. The third kappa shape index (κ3) is 29.0. The maximum absolute atomic E-state index is 9.60. The number of carboxylic acid groups (broad SMARTS) is 1. The molecular formula is C4H8O5Si. The number of rotatable bonds is 1. The summed E-state index contributed by atoms with van der Waals surface area (Å²) in [5, 5.41) is 7.89. The Morgan fingerprint density at radius 2 is 1.60 bits per heavy atom. The molecule has 0 fully saturated rings. The van der Waals surface area contributed by atoms with Gasteiger partial charge in [0, 0.05) is 5.57 Å². The number of hydrogen-bond donors (Lipinski definition) is 3. The van der Waals surface area contributed by atoms with Crippen LogP contribution in [-0.4, -0.2) is 29.8 Å². The third-order valence-corrected chi connectivity index (χ3v) is 0.365. The van der Waals surface area contributed by atoms with Crippen LogP contribution in [0, 0.1) is 0 Å². The van der Waals surface area contributed by atoms with Gasteiger partial charge in [-0.2, -0.15) is 0 Å². The average Bonchev–Trinajstić information content (AvgIpc) is 1.63. The van der Waals surface area contributed by atoms with E-state index in [1.807, 2.05) is 0 Å². The van der Waals surface area contributed by atoms with E-state index in [0.29, 0.717) is 0 Å². The Morgan fingerprint density at radius 3 is 1.60 bits per heavy atom. The first-order chi connectivity index (χ1) is 4.37. The zero-order valence-corrected chi connectivity index (χ0v) is 6.37. The standard InChI is InChI=1S/C4H6O2.H2O3Si/c1-3(2)4(5)6;1-4(2)3/h1H2,2H3,(H,5,6);1-2H. The molecule has 0 bridgehead atoms. The van der Waals surface area contributed by atoms with Crippen molar-refractivity contribution in [1.82, 2.24) is 0 Å². The molecule has 0 spiro atoms. The van der Waals surface area contributed by atoms with E-state index >= 15 is 0 Å². The van der Waals surface area contributed by atoms with E-state index < -0.39 is 15.1 Å². The molecular weight excluding hydrogens is 156 g/mol. The van der Waals surface area contributed by atoms with Crippen LogP contribution in [0.5, 0.6) is 0 Å². The summed E-state index contributed by atoms with van der Waals surface area (Å²) in [6.45, 7) is 4.60. The molecule has 0 aromatic carbocycles. The molecule has 5 nitrogen and oxygen atoms in total. The Morgan fingerprint density at radius 1 is 1.50 bits per heavy atom. The summed E-state index contributed by atoms with van der Waals surface area (Å²) < 4.78 is 8.74. The van der Waals surface area contributed by atoms with Crippen molar-refractivity contribution in [3.05, 3.63) is 12.2 Å².